The Labute approximate surface area is 153 Å². The molecule has 0 aliphatic rings. The Bertz CT molecular complexity index is 840. The van der Waals surface area contributed by atoms with Crippen molar-refractivity contribution >= 4 is 34.9 Å². The molecule has 0 heterocycles. The lowest BCUT2D eigenvalue weighted by Gasteiger charge is -2.09. The Kier molecular flexibility index (Phi) is 6.51. The number of benzene rings is 2. The van der Waals surface area contributed by atoms with Crippen LogP contribution in [0.4, 0.5) is 11.4 Å². The summed E-state index contributed by atoms with van der Waals surface area (Å²) in [7, 11) is 0. The lowest BCUT2D eigenvalue weighted by Crippen LogP contribution is -2.23. The standard InChI is InChI=1S/C17H15ClN2O6/c1-11-7-12(18)5-6-15(11)25-10-17(22)26-9-16(21)19-13-3-2-4-14(8-13)20(23)24/h2-8H,9-10H2,1H3,(H,19,21). The second-order valence-electron chi connectivity index (χ2n) is 5.21. The minimum atomic E-state index is -0.728. The molecule has 0 aromatic heterocycles. The number of amides is 1. The van der Waals surface area contributed by atoms with E-state index in [9.17, 15) is 19.7 Å². The Balaban J connectivity index is 1.78. The fraction of sp³-hybridized carbons (Fsp3) is 0.176. The molecule has 2 aromatic rings. The molecule has 0 unspecified atom stereocenters. The van der Waals surface area contributed by atoms with Crippen LogP contribution in [0.2, 0.25) is 5.02 Å². The van der Waals surface area contributed by atoms with Crippen LogP contribution in [0.3, 0.4) is 0 Å². The maximum atomic E-state index is 11.8. The molecular weight excluding hydrogens is 364 g/mol. The third kappa shape index (κ3) is 5.75. The molecule has 0 atom stereocenters. The van der Waals surface area contributed by atoms with E-state index in [1.165, 1.54) is 24.3 Å². The number of carbonyl (C=O) groups is 2. The minimum Gasteiger partial charge on any atom is -0.482 e. The minimum absolute atomic E-state index is 0.161. The van der Waals surface area contributed by atoms with Crippen molar-refractivity contribution in [3.8, 4) is 5.75 Å². The van der Waals surface area contributed by atoms with Gasteiger partial charge in [0.05, 0.1) is 4.92 Å². The van der Waals surface area contributed by atoms with Gasteiger partial charge < -0.3 is 14.8 Å². The highest BCUT2D eigenvalue weighted by molar-refractivity contribution is 6.30. The molecule has 0 aliphatic heterocycles. The van der Waals surface area contributed by atoms with Gasteiger partial charge in [0.15, 0.2) is 13.2 Å². The van der Waals surface area contributed by atoms with Crippen LogP contribution >= 0.6 is 11.6 Å². The summed E-state index contributed by atoms with van der Waals surface area (Å²) < 4.78 is 10.1. The topological polar surface area (TPSA) is 108 Å². The average molecular weight is 379 g/mol. The number of hydrogen-bond donors (Lipinski definition) is 1. The molecule has 0 saturated heterocycles. The molecule has 0 fully saturated rings. The van der Waals surface area contributed by atoms with Gasteiger partial charge in [-0.1, -0.05) is 17.7 Å². The highest BCUT2D eigenvalue weighted by Crippen LogP contribution is 2.21. The largest absolute Gasteiger partial charge is 0.482 e. The van der Waals surface area contributed by atoms with Crippen LogP contribution in [0, 0.1) is 17.0 Å². The lowest BCUT2D eigenvalue weighted by atomic mass is 10.2. The number of rotatable bonds is 7. The lowest BCUT2D eigenvalue weighted by molar-refractivity contribution is -0.384. The van der Waals surface area contributed by atoms with E-state index in [1.54, 1.807) is 25.1 Å². The van der Waals surface area contributed by atoms with Crippen LogP contribution in [-0.2, 0) is 14.3 Å². The summed E-state index contributed by atoms with van der Waals surface area (Å²) in [6.07, 6.45) is 0. The van der Waals surface area contributed by atoms with Gasteiger partial charge in [-0.05, 0) is 36.8 Å². The number of carbonyl (C=O) groups excluding carboxylic acids is 2. The third-order valence-corrected chi connectivity index (χ3v) is 3.42. The van der Waals surface area contributed by atoms with Crippen LogP contribution in [0.15, 0.2) is 42.5 Å². The number of anilines is 1. The van der Waals surface area contributed by atoms with Crippen molar-refractivity contribution in [3.63, 3.8) is 0 Å². The van der Waals surface area contributed by atoms with Crippen LogP contribution in [0.1, 0.15) is 5.56 Å². The normalized spacial score (nSPS) is 10.1. The van der Waals surface area contributed by atoms with Crippen molar-refractivity contribution in [2.75, 3.05) is 18.5 Å². The van der Waals surface area contributed by atoms with Crippen LogP contribution in [-0.4, -0.2) is 30.0 Å². The Morgan fingerprint density at radius 2 is 1.96 bits per heavy atom. The van der Waals surface area contributed by atoms with Gasteiger partial charge in [-0.2, -0.15) is 0 Å². The second-order valence-corrected chi connectivity index (χ2v) is 5.65. The first kappa shape index (κ1) is 19.2. The molecule has 2 rings (SSSR count). The first-order valence-electron chi connectivity index (χ1n) is 7.44. The zero-order valence-electron chi connectivity index (χ0n) is 13.7. The summed E-state index contributed by atoms with van der Waals surface area (Å²) >= 11 is 5.83. The maximum absolute atomic E-state index is 11.8. The number of hydrogen-bond acceptors (Lipinski definition) is 6. The van der Waals surface area contributed by atoms with Gasteiger partial charge in [0.25, 0.3) is 11.6 Å². The van der Waals surface area contributed by atoms with E-state index in [4.69, 9.17) is 21.1 Å². The summed E-state index contributed by atoms with van der Waals surface area (Å²) in [4.78, 5) is 33.5. The maximum Gasteiger partial charge on any atom is 0.344 e. The van der Waals surface area contributed by atoms with E-state index < -0.39 is 23.4 Å². The molecule has 0 bridgehead atoms. The van der Waals surface area contributed by atoms with Gasteiger partial charge in [-0.15, -0.1) is 0 Å². The van der Waals surface area contributed by atoms with Gasteiger partial charge in [0.2, 0.25) is 0 Å². The molecule has 8 nitrogen and oxygen atoms in total. The summed E-state index contributed by atoms with van der Waals surface area (Å²) in [5, 5.41) is 13.6. The number of nitro groups is 1. The highest BCUT2D eigenvalue weighted by Gasteiger charge is 2.11. The van der Waals surface area contributed by atoms with Gasteiger partial charge in [-0.3, -0.25) is 14.9 Å². The number of non-ortho nitro benzene ring substituents is 1. The molecular formula is C17H15ClN2O6. The van der Waals surface area contributed by atoms with Crippen molar-refractivity contribution in [2.45, 2.75) is 6.92 Å². The van der Waals surface area contributed by atoms with Crippen LogP contribution in [0.25, 0.3) is 0 Å². The van der Waals surface area contributed by atoms with E-state index in [1.807, 2.05) is 0 Å². The number of nitro benzene ring substituents is 1. The summed E-state index contributed by atoms with van der Waals surface area (Å²) in [5.74, 6) is -0.873. The second kappa shape index (κ2) is 8.82. The van der Waals surface area contributed by atoms with Gasteiger partial charge in [-0.25, -0.2) is 4.79 Å². The molecule has 2 aromatic carbocycles. The monoisotopic (exact) mass is 378 g/mol. The fourth-order valence-corrected chi connectivity index (χ4v) is 2.22. The first-order valence-corrected chi connectivity index (χ1v) is 7.82. The molecule has 26 heavy (non-hydrogen) atoms. The van der Waals surface area contributed by atoms with Gasteiger partial charge >= 0.3 is 5.97 Å². The molecule has 0 radical (unpaired) electrons. The van der Waals surface area contributed by atoms with Gasteiger partial charge in [0.1, 0.15) is 5.75 Å². The molecule has 0 aliphatic carbocycles. The van der Waals surface area contributed by atoms with Crippen molar-refractivity contribution in [1.82, 2.24) is 0 Å². The molecule has 9 heteroatoms. The van der Waals surface area contributed by atoms with Crippen molar-refractivity contribution in [1.29, 1.82) is 0 Å². The number of halogens is 1. The quantitative estimate of drug-likeness (QED) is 0.450. The first-order chi connectivity index (χ1) is 12.3. The number of nitrogens with one attached hydrogen (secondary N) is 1. The Hall–Kier alpha value is -3.13. The third-order valence-electron chi connectivity index (χ3n) is 3.19. The molecule has 1 N–H and O–H groups in total. The number of nitrogens with zero attached hydrogens (tertiary/aromatic N) is 1. The smallest absolute Gasteiger partial charge is 0.344 e. The van der Waals surface area contributed by atoms with Crippen molar-refractivity contribution in [2.24, 2.45) is 0 Å². The predicted molar refractivity (Wildman–Crippen MR) is 94.4 cm³/mol. The van der Waals surface area contributed by atoms with Crippen LogP contribution in [0.5, 0.6) is 5.75 Å². The van der Waals surface area contributed by atoms with E-state index in [2.05, 4.69) is 5.32 Å². The van der Waals surface area contributed by atoms with E-state index >= 15 is 0 Å². The highest BCUT2D eigenvalue weighted by atomic mass is 35.5. The molecule has 0 saturated carbocycles. The zero-order chi connectivity index (χ0) is 19.1. The van der Waals surface area contributed by atoms with Gasteiger partial charge in [0, 0.05) is 22.8 Å². The fourth-order valence-electron chi connectivity index (χ4n) is 1.99. The zero-order valence-corrected chi connectivity index (χ0v) is 14.5. The van der Waals surface area contributed by atoms with Crippen molar-refractivity contribution < 1.29 is 24.0 Å². The summed E-state index contributed by atoms with van der Waals surface area (Å²) in [5.41, 5.74) is 0.827. The van der Waals surface area contributed by atoms with Crippen molar-refractivity contribution in [3.05, 3.63) is 63.2 Å². The predicted octanol–water partition coefficient (Wildman–Crippen LogP) is 3.12. The van der Waals surface area contributed by atoms with E-state index in [-0.39, 0.29) is 18.0 Å². The molecule has 1 amide bonds. The van der Waals surface area contributed by atoms with E-state index in [0.717, 1.165) is 5.56 Å². The summed E-state index contributed by atoms with van der Waals surface area (Å²) in [6, 6.07) is 10.4. The van der Waals surface area contributed by atoms with Crippen LogP contribution < -0.4 is 10.1 Å². The van der Waals surface area contributed by atoms with E-state index in [0.29, 0.717) is 10.8 Å². The average Bonchev–Trinajstić information content (AvgIpc) is 2.59. The Morgan fingerprint density at radius 1 is 1.19 bits per heavy atom. The summed E-state index contributed by atoms with van der Waals surface area (Å²) in [6.45, 7) is 0.871. The Morgan fingerprint density at radius 3 is 2.65 bits per heavy atom. The SMILES string of the molecule is Cc1cc(Cl)ccc1OCC(=O)OCC(=O)Nc1cccc([N+](=O)[O-])c1. The molecule has 136 valence electrons. The number of ether oxygens (including phenoxy) is 2. The molecule has 0 spiro atoms. The number of esters is 1. The number of aryl methyl sites for hydroxylation is 1.